The summed E-state index contributed by atoms with van der Waals surface area (Å²) < 4.78 is 13.3. The molecular formula is C26H26FN3O. The lowest BCUT2D eigenvalue weighted by Crippen LogP contribution is -2.18. The van der Waals surface area contributed by atoms with Gasteiger partial charge in [0.15, 0.2) is 0 Å². The van der Waals surface area contributed by atoms with Gasteiger partial charge in [-0.25, -0.2) is 4.39 Å². The number of carbonyl (C=O) groups excluding carboxylic acids is 1. The Labute approximate surface area is 182 Å². The number of rotatable bonds is 7. The lowest BCUT2D eigenvalue weighted by molar-refractivity contribution is -0.113. The summed E-state index contributed by atoms with van der Waals surface area (Å²) in [5.74, 6) is -0.338. The molecule has 2 aromatic carbocycles. The van der Waals surface area contributed by atoms with Crippen LogP contribution in [0.3, 0.4) is 0 Å². The highest BCUT2D eigenvalue weighted by atomic mass is 19.1. The normalized spacial score (nSPS) is 13.7. The Morgan fingerprint density at radius 3 is 2.39 bits per heavy atom. The van der Waals surface area contributed by atoms with Gasteiger partial charge in [0.1, 0.15) is 5.82 Å². The first-order chi connectivity index (χ1) is 15.2. The van der Waals surface area contributed by atoms with Crippen LogP contribution in [0.1, 0.15) is 36.9 Å². The van der Waals surface area contributed by atoms with Crippen LogP contribution in [0.4, 0.5) is 15.8 Å². The summed E-state index contributed by atoms with van der Waals surface area (Å²) in [5, 5.41) is 6.40. The molecule has 5 heteroatoms. The summed E-state index contributed by atoms with van der Waals surface area (Å²) in [6.07, 6.45) is 6.27. The van der Waals surface area contributed by atoms with Crippen molar-refractivity contribution in [1.82, 2.24) is 4.98 Å². The minimum Gasteiger partial charge on any atom is -0.385 e. The number of hydrogen-bond acceptors (Lipinski definition) is 3. The molecule has 0 atom stereocenters. The Balaban J connectivity index is 1.38. The first-order valence-electron chi connectivity index (χ1n) is 10.7. The first-order valence-corrected chi connectivity index (χ1v) is 10.7. The van der Waals surface area contributed by atoms with Crippen molar-refractivity contribution in [2.45, 2.75) is 32.1 Å². The van der Waals surface area contributed by atoms with E-state index < -0.39 is 0 Å². The molecule has 0 saturated carbocycles. The van der Waals surface area contributed by atoms with Gasteiger partial charge in [-0.05, 0) is 85.4 Å². The summed E-state index contributed by atoms with van der Waals surface area (Å²) in [4.78, 5) is 17.3. The molecule has 4 rings (SSSR count). The summed E-state index contributed by atoms with van der Waals surface area (Å²) in [7, 11) is 0. The van der Waals surface area contributed by atoms with Gasteiger partial charge in [-0.3, -0.25) is 9.78 Å². The van der Waals surface area contributed by atoms with Crippen molar-refractivity contribution in [3.05, 3.63) is 95.6 Å². The molecule has 0 saturated heterocycles. The van der Waals surface area contributed by atoms with Gasteiger partial charge < -0.3 is 10.6 Å². The molecule has 1 amide bonds. The average molecular weight is 416 g/mol. The molecule has 0 unspecified atom stereocenters. The number of anilines is 2. The van der Waals surface area contributed by atoms with E-state index in [2.05, 4.69) is 15.6 Å². The van der Waals surface area contributed by atoms with Crippen LogP contribution in [-0.2, 0) is 11.2 Å². The molecule has 0 radical (unpaired) electrons. The average Bonchev–Trinajstić information content (AvgIpc) is 2.81. The lowest BCUT2D eigenvalue weighted by Gasteiger charge is -2.20. The largest absolute Gasteiger partial charge is 0.385 e. The predicted octanol–water partition coefficient (Wildman–Crippen LogP) is 5.84. The van der Waals surface area contributed by atoms with E-state index in [1.807, 2.05) is 42.5 Å². The van der Waals surface area contributed by atoms with Crippen molar-refractivity contribution >= 4 is 22.9 Å². The van der Waals surface area contributed by atoms with Gasteiger partial charge in [0, 0.05) is 41.8 Å². The quantitative estimate of drug-likeness (QED) is 0.510. The number of nitrogens with one attached hydrogen (secondary N) is 2. The van der Waals surface area contributed by atoms with Crippen LogP contribution in [0, 0.1) is 5.82 Å². The zero-order chi connectivity index (χ0) is 21.5. The van der Waals surface area contributed by atoms with Crippen molar-refractivity contribution in [2.24, 2.45) is 0 Å². The topological polar surface area (TPSA) is 54.0 Å². The first kappa shape index (κ1) is 20.8. The molecular weight excluding hydrogens is 389 g/mol. The highest BCUT2D eigenvalue weighted by molar-refractivity contribution is 6.09. The summed E-state index contributed by atoms with van der Waals surface area (Å²) in [6, 6.07) is 20.1. The van der Waals surface area contributed by atoms with Crippen LogP contribution < -0.4 is 10.6 Å². The van der Waals surface area contributed by atoms with E-state index in [9.17, 15) is 9.18 Å². The van der Waals surface area contributed by atoms with Crippen molar-refractivity contribution in [3.63, 3.8) is 0 Å². The minimum absolute atomic E-state index is 0.0742. The molecule has 158 valence electrons. The minimum atomic E-state index is -0.264. The fraction of sp³-hybridized carbons (Fsp3) is 0.231. The maximum Gasteiger partial charge on any atom is 0.251 e. The second-order valence-electron chi connectivity index (χ2n) is 7.70. The van der Waals surface area contributed by atoms with E-state index in [1.165, 1.54) is 12.1 Å². The van der Waals surface area contributed by atoms with Crippen LogP contribution in [0.25, 0.3) is 5.57 Å². The number of nitrogens with zero attached hydrogens (tertiary/aromatic N) is 1. The maximum atomic E-state index is 13.3. The molecule has 0 fully saturated rings. The SMILES string of the molecule is O=C(Nc1ccc(NCCc2ccccn2)cc1)C1=C(c2ccc(F)cc2)CCCC1. The molecule has 1 heterocycles. The predicted molar refractivity (Wildman–Crippen MR) is 123 cm³/mol. The van der Waals surface area contributed by atoms with E-state index in [4.69, 9.17) is 0 Å². The van der Waals surface area contributed by atoms with Crippen molar-refractivity contribution < 1.29 is 9.18 Å². The highest BCUT2D eigenvalue weighted by Gasteiger charge is 2.20. The van der Waals surface area contributed by atoms with Gasteiger partial charge in [0.05, 0.1) is 0 Å². The molecule has 2 N–H and O–H groups in total. The third-order valence-corrected chi connectivity index (χ3v) is 5.51. The third-order valence-electron chi connectivity index (χ3n) is 5.51. The molecule has 1 aliphatic carbocycles. The number of allylic oxidation sites excluding steroid dienone is 1. The third kappa shape index (κ3) is 5.57. The number of carbonyl (C=O) groups is 1. The molecule has 1 aliphatic rings. The monoisotopic (exact) mass is 415 g/mol. The van der Waals surface area contributed by atoms with Gasteiger partial charge in [-0.1, -0.05) is 18.2 Å². The van der Waals surface area contributed by atoms with Crippen LogP contribution in [-0.4, -0.2) is 17.4 Å². The fourth-order valence-corrected chi connectivity index (χ4v) is 3.88. The van der Waals surface area contributed by atoms with E-state index in [1.54, 1.807) is 18.3 Å². The number of pyridine rings is 1. The Bertz CT molecular complexity index is 1040. The van der Waals surface area contributed by atoms with E-state index in [0.29, 0.717) is 0 Å². The Morgan fingerprint density at radius 2 is 1.65 bits per heavy atom. The molecule has 4 nitrogen and oxygen atoms in total. The van der Waals surface area contributed by atoms with Crippen LogP contribution >= 0.6 is 0 Å². The molecule has 31 heavy (non-hydrogen) atoms. The summed E-state index contributed by atoms with van der Waals surface area (Å²) in [5.41, 5.74) is 5.57. The van der Waals surface area contributed by atoms with E-state index >= 15 is 0 Å². The Kier molecular flexibility index (Phi) is 6.72. The van der Waals surface area contributed by atoms with Gasteiger partial charge in [-0.15, -0.1) is 0 Å². The van der Waals surface area contributed by atoms with Crippen molar-refractivity contribution in [1.29, 1.82) is 0 Å². The van der Waals surface area contributed by atoms with Crippen LogP contribution in [0.2, 0.25) is 0 Å². The zero-order valence-electron chi connectivity index (χ0n) is 17.4. The number of aromatic nitrogens is 1. The number of benzene rings is 2. The Hall–Kier alpha value is -3.47. The maximum absolute atomic E-state index is 13.3. The van der Waals surface area contributed by atoms with E-state index in [-0.39, 0.29) is 11.7 Å². The van der Waals surface area contributed by atoms with Crippen molar-refractivity contribution in [2.75, 3.05) is 17.2 Å². The van der Waals surface area contributed by atoms with Gasteiger partial charge in [-0.2, -0.15) is 0 Å². The number of halogens is 1. The van der Waals surface area contributed by atoms with Crippen molar-refractivity contribution in [3.8, 4) is 0 Å². The zero-order valence-corrected chi connectivity index (χ0v) is 17.4. The smallest absolute Gasteiger partial charge is 0.251 e. The van der Waals surface area contributed by atoms with Crippen LogP contribution in [0.15, 0.2) is 78.5 Å². The molecule has 0 aliphatic heterocycles. The van der Waals surface area contributed by atoms with Gasteiger partial charge in [0.2, 0.25) is 0 Å². The number of hydrogen-bond donors (Lipinski definition) is 2. The van der Waals surface area contributed by atoms with Gasteiger partial charge in [0.25, 0.3) is 5.91 Å². The van der Waals surface area contributed by atoms with Crippen LogP contribution in [0.5, 0.6) is 0 Å². The second kappa shape index (κ2) is 10.0. The second-order valence-corrected chi connectivity index (χ2v) is 7.70. The number of amides is 1. The molecule has 0 bridgehead atoms. The summed E-state index contributed by atoms with van der Waals surface area (Å²) in [6.45, 7) is 0.788. The summed E-state index contributed by atoms with van der Waals surface area (Å²) >= 11 is 0. The Morgan fingerprint density at radius 1 is 0.903 bits per heavy atom. The van der Waals surface area contributed by atoms with Gasteiger partial charge >= 0.3 is 0 Å². The molecule has 0 spiro atoms. The molecule has 1 aromatic heterocycles. The molecule has 3 aromatic rings. The standard InChI is InChI=1S/C26H26FN3O/c27-20-10-8-19(9-11-20)24-6-1-2-7-25(24)26(31)30-23-14-12-22(13-15-23)29-18-16-21-5-3-4-17-28-21/h3-5,8-15,17,29H,1-2,6-7,16,18H2,(H,30,31). The highest BCUT2D eigenvalue weighted by Crippen LogP contribution is 2.33. The van der Waals surface area contributed by atoms with E-state index in [0.717, 1.165) is 72.4 Å². The fourth-order valence-electron chi connectivity index (χ4n) is 3.88. The lowest BCUT2D eigenvalue weighted by atomic mass is 9.87.